The predicted octanol–water partition coefficient (Wildman–Crippen LogP) is 10.9. The molecular weight excluding hydrogens is 1520 g/mol. The summed E-state index contributed by atoms with van der Waals surface area (Å²) in [6.45, 7) is 40.8. The number of rotatable bonds is 36. The van der Waals surface area contributed by atoms with E-state index < -0.39 is 10.4 Å². The molecule has 3 amide bonds. The number of nitrogens with one attached hydrogen (secondary N) is 3. The van der Waals surface area contributed by atoms with Crippen LogP contribution in [0.25, 0.3) is 50.2 Å². The Kier molecular flexibility index (Phi) is 37.4. The molecule has 622 valence electrons. The Bertz CT molecular complexity index is 4490. The fourth-order valence-electron chi connectivity index (χ4n) is 13.3. The molecule has 0 radical (unpaired) electrons. The van der Waals surface area contributed by atoms with Crippen LogP contribution in [0.2, 0.25) is 0 Å². The van der Waals surface area contributed by atoms with Crippen LogP contribution in [-0.4, -0.2) is 205 Å². The number of halogens is 1. The largest absolute Gasteiger partial charge is 1.00 e. The van der Waals surface area contributed by atoms with Crippen molar-refractivity contribution in [3.63, 3.8) is 0 Å². The van der Waals surface area contributed by atoms with Crippen LogP contribution in [0.4, 0.5) is 0 Å². The fourth-order valence-corrected chi connectivity index (χ4v) is 13.3. The number of unbranched alkanes of at least 4 members (excludes halogenated alkanes) is 5. The van der Waals surface area contributed by atoms with Crippen molar-refractivity contribution in [2.24, 2.45) is 0 Å². The van der Waals surface area contributed by atoms with Gasteiger partial charge in [0, 0.05) is 68.4 Å². The highest BCUT2D eigenvalue weighted by molar-refractivity contribution is 7.80. The number of fused-ring (bicyclic) bond motifs is 3. The number of phenols is 3. The van der Waals surface area contributed by atoms with Gasteiger partial charge in [-0.3, -0.25) is 18.6 Å². The third-order valence-electron chi connectivity index (χ3n) is 20.8. The molecule has 3 aromatic heterocycles. The number of nitrogens with zero attached hydrogens (tertiary/aromatic N) is 12. The first-order valence-corrected chi connectivity index (χ1v) is 41.4. The van der Waals surface area contributed by atoms with Gasteiger partial charge in [0.05, 0.1) is 60.0 Å². The molecule has 0 bridgehead atoms. The van der Waals surface area contributed by atoms with Crippen LogP contribution in [0.15, 0.2) is 109 Å². The van der Waals surface area contributed by atoms with Crippen molar-refractivity contribution in [3.05, 3.63) is 143 Å². The first-order chi connectivity index (χ1) is 52.9. The first-order valence-electron chi connectivity index (χ1n) is 40.1. The number of amides is 3. The van der Waals surface area contributed by atoms with Gasteiger partial charge in [-0.05, 0) is 174 Å². The average molecular weight is 1650 g/mol. The van der Waals surface area contributed by atoms with Crippen molar-refractivity contribution in [2.75, 3.05) is 100 Å². The van der Waals surface area contributed by atoms with E-state index in [0.29, 0.717) is 75.2 Å². The van der Waals surface area contributed by atoms with Crippen molar-refractivity contribution < 1.29 is 72.8 Å². The summed E-state index contributed by atoms with van der Waals surface area (Å²) in [6, 6.07) is 34.6. The van der Waals surface area contributed by atoms with Crippen LogP contribution < -0.4 is 32.9 Å². The zero-order valence-electron chi connectivity index (χ0n) is 70.6. The lowest BCUT2D eigenvalue weighted by Gasteiger charge is -2.37. The van der Waals surface area contributed by atoms with Crippen LogP contribution in [0.3, 0.4) is 0 Å². The Hall–Kier alpha value is -8.44. The number of phenolic OH excluding ortho intramolecular Hbond substituents is 3. The van der Waals surface area contributed by atoms with Gasteiger partial charge in [0.15, 0.2) is 0 Å². The molecule has 0 atom stereocenters. The fraction of sp³-hybridized carbons (Fsp3) is 0.547. The number of aryl methyl sites for hydroxylation is 3. The number of benzene rings is 6. The summed E-state index contributed by atoms with van der Waals surface area (Å²) < 4.78 is 33.2. The van der Waals surface area contributed by atoms with E-state index in [-0.39, 0.29) is 68.2 Å². The highest BCUT2D eigenvalue weighted by Crippen LogP contribution is 2.40. The van der Waals surface area contributed by atoms with E-state index in [9.17, 15) is 42.7 Å². The third-order valence-corrected chi connectivity index (χ3v) is 21.2. The smallest absolute Gasteiger partial charge is 0.220 e. The minimum atomic E-state index is -4.41. The summed E-state index contributed by atoms with van der Waals surface area (Å²) in [5.74, 6) is 0.687. The highest BCUT2D eigenvalue weighted by Gasteiger charge is 2.28. The molecule has 25 nitrogen and oxygen atoms in total. The summed E-state index contributed by atoms with van der Waals surface area (Å²) in [6.07, 6.45) is 13.8. The molecule has 0 saturated carbocycles. The maximum atomic E-state index is 12.8. The second-order valence-electron chi connectivity index (χ2n) is 32.9. The molecule has 0 spiro atoms. The summed E-state index contributed by atoms with van der Waals surface area (Å²) >= 11 is 0. The van der Waals surface area contributed by atoms with Crippen molar-refractivity contribution in [1.29, 1.82) is 0 Å². The Morgan fingerprint density at radius 3 is 1.02 bits per heavy atom. The lowest BCUT2D eigenvalue weighted by Crippen LogP contribution is -3.00. The Morgan fingerprint density at radius 1 is 0.460 bits per heavy atom. The SMILES string of the molecule is CCCCCCCC[N+](CC)(CC)CCCNC(=O)CCc1cc(-n2nc3ccccc3n2)c(O)c(C(C)(C)C)c1.CC[N+](C)(CC)CCCNC(=O)CCc1cc(-n2nc3ccccc3n2)c(O)c(C(C)(C)C)c1.CN(C)CCCNC(=O)CCc1cc(-n2nc3ccccc3n2)c(O)c(C(C)(C)C)c1.COS(=O)(=O)[O-].[Br-]. The molecule has 0 unspecified atom stereocenters. The van der Waals surface area contributed by atoms with Gasteiger partial charge in [-0.15, -0.1) is 45.0 Å². The van der Waals surface area contributed by atoms with E-state index in [1.54, 1.807) is 0 Å². The zero-order valence-corrected chi connectivity index (χ0v) is 73.0. The Balaban J connectivity index is 0.000000293. The molecule has 0 saturated heterocycles. The quantitative estimate of drug-likeness (QED) is 0.00920. The molecule has 3 heterocycles. The second-order valence-corrected chi connectivity index (χ2v) is 34.0. The molecule has 0 aliphatic heterocycles. The van der Waals surface area contributed by atoms with E-state index in [0.717, 1.165) is 148 Å². The van der Waals surface area contributed by atoms with E-state index in [1.165, 1.54) is 59.5 Å². The minimum Gasteiger partial charge on any atom is -1.00 e. The topological polar surface area (TPSA) is 310 Å². The van der Waals surface area contributed by atoms with Crippen LogP contribution in [0.5, 0.6) is 17.2 Å². The number of aromatic nitrogens is 9. The van der Waals surface area contributed by atoms with Crippen LogP contribution in [-0.2, 0) is 64.5 Å². The molecule has 9 aromatic rings. The molecule has 0 fully saturated rings. The van der Waals surface area contributed by atoms with E-state index >= 15 is 0 Å². The number of hydrogen-bond acceptors (Lipinski definition) is 17. The van der Waals surface area contributed by atoms with Gasteiger partial charge in [-0.1, -0.05) is 150 Å². The molecule has 113 heavy (non-hydrogen) atoms. The third kappa shape index (κ3) is 30.0. The van der Waals surface area contributed by atoms with Crippen LogP contribution in [0, 0.1) is 0 Å². The number of carbonyl (C=O) groups excluding carboxylic acids is 3. The standard InChI is InChI=1S/C34H53N5O2.C27H39N5O2.C24H33N5O2.CH4O4S.BrH/c1-7-10-11-12-13-16-23-39(8-2,9-3)24-17-22-35-32(40)21-20-27-25-28(34(4,5)6)33(41)31(26-27)38-36-29-18-14-15-19-30(29)37-38;1-7-32(6,8-2)17-11-16-28-25(33)15-14-20-18-21(27(3,4)5)26(34)24(19-20)31-29-22-12-9-10-13-23(22)30-31;1-24(2,3)18-15-17(11-12-22(30)25-13-8-14-28(4)5)16-21(23(18)31)29-26-19-9-6-7-10-20(19)27-29;1-5-6(2,3)4;/h14-15,18-19,25-26H,7-13,16-17,20-24H2,1-6H3,(H-,35,40,41);9-10,12-13,18-19H,7-8,11,14-17H2,1-6H3,(H-,28,33,34);6-7,9-10,15-16,31H,8,11-14H2,1-5H3,(H,25,30);1H3,(H,2,3,4);1H. The lowest BCUT2D eigenvalue weighted by molar-refractivity contribution is -0.925. The van der Waals surface area contributed by atoms with Crippen molar-refractivity contribution in [2.45, 2.75) is 209 Å². The normalized spacial score (nSPS) is 12.0. The maximum absolute atomic E-state index is 12.8. The van der Waals surface area contributed by atoms with Gasteiger partial charge in [0.2, 0.25) is 28.1 Å². The second kappa shape index (κ2) is 44.4. The summed E-state index contributed by atoms with van der Waals surface area (Å²) in [5.41, 5.74) is 10.8. The van der Waals surface area contributed by atoms with Gasteiger partial charge in [-0.25, -0.2) is 8.42 Å². The summed E-state index contributed by atoms with van der Waals surface area (Å²) in [7, 11) is 2.70. The minimum absolute atomic E-state index is 0. The number of carbonyl (C=O) groups is 3. The lowest BCUT2D eigenvalue weighted by atomic mass is 9.84. The molecule has 0 aliphatic rings. The number of quaternary nitrogens is 2. The maximum Gasteiger partial charge on any atom is 0.220 e. The Morgan fingerprint density at radius 2 is 0.743 bits per heavy atom. The average Bonchev–Trinajstić information content (AvgIpc) is 1.72. The van der Waals surface area contributed by atoms with Gasteiger partial charge >= 0.3 is 0 Å². The zero-order chi connectivity index (χ0) is 82.6. The molecule has 9 rings (SSSR count). The summed E-state index contributed by atoms with van der Waals surface area (Å²) in [5, 5.41) is 69.8. The van der Waals surface area contributed by atoms with Crippen molar-refractivity contribution in [3.8, 4) is 34.3 Å². The predicted molar refractivity (Wildman–Crippen MR) is 447 cm³/mol. The van der Waals surface area contributed by atoms with Gasteiger partial charge in [0.1, 0.15) is 67.4 Å². The van der Waals surface area contributed by atoms with E-state index in [4.69, 9.17) is 0 Å². The van der Waals surface area contributed by atoms with Gasteiger partial charge in [-0.2, -0.15) is 0 Å². The molecule has 27 heteroatoms. The monoisotopic (exact) mass is 1640 g/mol. The van der Waals surface area contributed by atoms with Gasteiger partial charge < -0.3 is 66.7 Å². The number of aromatic hydroxyl groups is 3. The molecule has 6 aromatic carbocycles. The molecule has 6 N–H and O–H groups in total. The van der Waals surface area contributed by atoms with Crippen LogP contribution >= 0.6 is 0 Å². The van der Waals surface area contributed by atoms with Crippen molar-refractivity contribution >= 4 is 61.2 Å². The van der Waals surface area contributed by atoms with Crippen LogP contribution in [0.1, 0.15) is 207 Å². The Labute approximate surface area is 682 Å². The highest BCUT2D eigenvalue weighted by atomic mass is 79.9. The van der Waals surface area contributed by atoms with E-state index in [2.05, 4.69) is 160 Å². The molecular formula is C86H130BrN15O10S. The van der Waals surface area contributed by atoms with E-state index in [1.807, 2.05) is 123 Å². The first kappa shape index (κ1) is 95.2. The van der Waals surface area contributed by atoms with Crippen molar-refractivity contribution in [1.82, 2.24) is 65.8 Å². The number of hydrogen-bond donors (Lipinski definition) is 6. The van der Waals surface area contributed by atoms with Gasteiger partial charge in [0.25, 0.3) is 0 Å². The summed E-state index contributed by atoms with van der Waals surface area (Å²) in [4.78, 5) is 44.2. The molecule has 0 aliphatic carbocycles.